The number of hydrogen-bond acceptors (Lipinski definition) is 3. The molecule has 0 saturated carbocycles. The number of nitrogens with two attached hydrogens (primary N) is 1. The summed E-state index contributed by atoms with van der Waals surface area (Å²) in [5.74, 6) is -1.08. The van der Waals surface area contributed by atoms with Gasteiger partial charge in [-0.1, -0.05) is 12.1 Å². The quantitative estimate of drug-likeness (QED) is 0.765. The number of primary amides is 1. The molecule has 2 aromatic rings. The van der Waals surface area contributed by atoms with Crippen molar-refractivity contribution < 1.29 is 18.0 Å². The molecule has 0 aliphatic heterocycles. The van der Waals surface area contributed by atoms with E-state index in [-0.39, 0.29) is 11.4 Å². The third-order valence-corrected chi connectivity index (χ3v) is 3.52. The molecule has 0 spiro atoms. The highest BCUT2D eigenvalue weighted by Gasteiger charge is 2.33. The molecule has 1 aromatic carbocycles. The van der Waals surface area contributed by atoms with E-state index >= 15 is 0 Å². The minimum atomic E-state index is -4.60. The Balaban J connectivity index is 2.49. The Hall–Kier alpha value is -1.84. The number of anilines is 2. The monoisotopic (exact) mass is 407 g/mol. The van der Waals surface area contributed by atoms with Crippen LogP contribution < -0.4 is 11.1 Å². The zero-order valence-electron chi connectivity index (χ0n) is 10.4. The Morgan fingerprint density at radius 2 is 1.86 bits per heavy atom. The number of halogens is 4. The van der Waals surface area contributed by atoms with Gasteiger partial charge in [0.05, 0.1) is 11.3 Å². The standard InChI is InChI=1S/C13H9F3IN3O/c14-13(15,16)10-6-5-7(11(18)21)12(20-10)19-9-4-2-1-3-8(9)17/h1-6H,(H2,18,21)(H,19,20). The van der Waals surface area contributed by atoms with Gasteiger partial charge in [-0.15, -0.1) is 0 Å². The molecule has 110 valence electrons. The van der Waals surface area contributed by atoms with Crippen molar-refractivity contribution in [3.8, 4) is 0 Å². The third kappa shape index (κ3) is 3.63. The first kappa shape index (κ1) is 15.5. The van der Waals surface area contributed by atoms with Crippen LogP contribution in [0.25, 0.3) is 0 Å². The number of pyridine rings is 1. The molecule has 0 bridgehead atoms. The number of para-hydroxylation sites is 1. The van der Waals surface area contributed by atoms with Gasteiger partial charge in [0, 0.05) is 3.57 Å². The molecule has 0 aliphatic rings. The number of aromatic nitrogens is 1. The number of carbonyl (C=O) groups is 1. The van der Waals surface area contributed by atoms with E-state index in [1.165, 1.54) is 0 Å². The normalized spacial score (nSPS) is 11.2. The lowest BCUT2D eigenvalue weighted by molar-refractivity contribution is -0.141. The number of nitrogens with zero attached hydrogens (tertiary/aromatic N) is 1. The van der Waals surface area contributed by atoms with Crippen molar-refractivity contribution in [1.82, 2.24) is 4.98 Å². The van der Waals surface area contributed by atoms with Gasteiger partial charge in [-0.05, 0) is 46.9 Å². The molecule has 0 unspecified atom stereocenters. The summed E-state index contributed by atoms with van der Waals surface area (Å²) < 4.78 is 38.9. The van der Waals surface area contributed by atoms with Crippen molar-refractivity contribution in [3.05, 3.63) is 51.2 Å². The molecule has 3 N–H and O–H groups in total. The van der Waals surface area contributed by atoms with Crippen LogP contribution in [0.4, 0.5) is 24.7 Å². The summed E-state index contributed by atoms with van der Waals surface area (Å²) in [5, 5.41) is 2.72. The highest BCUT2D eigenvalue weighted by molar-refractivity contribution is 14.1. The Morgan fingerprint density at radius 1 is 1.19 bits per heavy atom. The molecule has 21 heavy (non-hydrogen) atoms. The van der Waals surface area contributed by atoms with Crippen molar-refractivity contribution in [2.24, 2.45) is 5.73 Å². The van der Waals surface area contributed by atoms with E-state index in [9.17, 15) is 18.0 Å². The number of hydrogen-bond donors (Lipinski definition) is 2. The molecule has 0 atom stereocenters. The number of amides is 1. The minimum absolute atomic E-state index is 0.109. The Bertz CT molecular complexity index is 689. The van der Waals surface area contributed by atoms with E-state index in [1.54, 1.807) is 24.3 Å². The van der Waals surface area contributed by atoms with Crippen LogP contribution in [0, 0.1) is 3.57 Å². The summed E-state index contributed by atoms with van der Waals surface area (Å²) in [6.07, 6.45) is -4.60. The van der Waals surface area contributed by atoms with Crippen LogP contribution >= 0.6 is 22.6 Å². The van der Waals surface area contributed by atoms with Crippen molar-refractivity contribution in [1.29, 1.82) is 0 Å². The lowest BCUT2D eigenvalue weighted by Crippen LogP contribution is -2.17. The summed E-state index contributed by atoms with van der Waals surface area (Å²) >= 11 is 2.01. The highest BCUT2D eigenvalue weighted by atomic mass is 127. The summed E-state index contributed by atoms with van der Waals surface area (Å²) in [4.78, 5) is 14.8. The highest BCUT2D eigenvalue weighted by Crippen LogP contribution is 2.31. The van der Waals surface area contributed by atoms with Crippen molar-refractivity contribution in [2.45, 2.75) is 6.18 Å². The van der Waals surface area contributed by atoms with Gasteiger partial charge in [0.2, 0.25) is 0 Å². The number of carbonyl (C=O) groups excluding carboxylic acids is 1. The molecule has 0 aliphatic carbocycles. The van der Waals surface area contributed by atoms with Crippen LogP contribution in [-0.4, -0.2) is 10.9 Å². The Kier molecular flexibility index (Phi) is 4.35. The first-order chi connectivity index (χ1) is 9.79. The maximum atomic E-state index is 12.7. The van der Waals surface area contributed by atoms with Gasteiger partial charge < -0.3 is 11.1 Å². The van der Waals surface area contributed by atoms with Crippen molar-refractivity contribution >= 4 is 40.0 Å². The number of nitrogens with one attached hydrogen (secondary N) is 1. The molecule has 0 fully saturated rings. The molecule has 2 rings (SSSR count). The number of alkyl halides is 3. The van der Waals surface area contributed by atoms with E-state index in [2.05, 4.69) is 10.3 Å². The molecule has 0 radical (unpaired) electrons. The molecule has 0 saturated heterocycles. The van der Waals surface area contributed by atoms with Gasteiger partial charge in [0.25, 0.3) is 5.91 Å². The second kappa shape index (κ2) is 5.88. The summed E-state index contributed by atoms with van der Waals surface area (Å²) in [7, 11) is 0. The molecule has 8 heteroatoms. The molecular weight excluding hydrogens is 398 g/mol. The topological polar surface area (TPSA) is 68.0 Å². The second-order valence-electron chi connectivity index (χ2n) is 4.06. The van der Waals surface area contributed by atoms with E-state index in [1.807, 2.05) is 22.6 Å². The summed E-state index contributed by atoms with van der Waals surface area (Å²) in [5.41, 5.74) is 4.49. The van der Waals surface area contributed by atoms with Crippen LogP contribution in [-0.2, 0) is 6.18 Å². The first-order valence-electron chi connectivity index (χ1n) is 5.68. The average molecular weight is 407 g/mol. The number of benzene rings is 1. The summed E-state index contributed by atoms with van der Waals surface area (Å²) in [6, 6.07) is 8.65. The lowest BCUT2D eigenvalue weighted by Gasteiger charge is -2.13. The van der Waals surface area contributed by atoms with Gasteiger partial charge in [-0.25, -0.2) is 4.98 Å². The fraction of sp³-hybridized carbons (Fsp3) is 0.0769. The summed E-state index contributed by atoms with van der Waals surface area (Å²) in [6.45, 7) is 0. The van der Waals surface area contributed by atoms with Crippen LogP contribution in [0.1, 0.15) is 16.1 Å². The lowest BCUT2D eigenvalue weighted by atomic mass is 10.2. The maximum Gasteiger partial charge on any atom is 0.433 e. The average Bonchev–Trinajstić information content (AvgIpc) is 2.40. The van der Waals surface area contributed by atoms with Crippen LogP contribution in [0.2, 0.25) is 0 Å². The predicted molar refractivity (Wildman–Crippen MR) is 80.2 cm³/mol. The fourth-order valence-corrected chi connectivity index (χ4v) is 2.12. The maximum absolute atomic E-state index is 12.7. The van der Waals surface area contributed by atoms with Gasteiger partial charge in [0.1, 0.15) is 11.5 Å². The largest absolute Gasteiger partial charge is 0.433 e. The smallest absolute Gasteiger partial charge is 0.365 e. The van der Waals surface area contributed by atoms with Gasteiger partial charge in [-0.2, -0.15) is 13.2 Å². The first-order valence-corrected chi connectivity index (χ1v) is 6.76. The second-order valence-corrected chi connectivity index (χ2v) is 5.22. The van der Waals surface area contributed by atoms with Crippen molar-refractivity contribution in [3.63, 3.8) is 0 Å². The Morgan fingerprint density at radius 3 is 2.43 bits per heavy atom. The third-order valence-electron chi connectivity index (χ3n) is 2.58. The van der Waals surface area contributed by atoms with Crippen molar-refractivity contribution in [2.75, 3.05) is 5.32 Å². The molecular formula is C13H9F3IN3O. The molecule has 1 aromatic heterocycles. The van der Waals surface area contributed by atoms with Crippen LogP contribution in [0.3, 0.4) is 0 Å². The molecule has 4 nitrogen and oxygen atoms in total. The Labute approximate surface area is 131 Å². The number of rotatable bonds is 3. The van der Waals surface area contributed by atoms with Gasteiger partial charge in [0.15, 0.2) is 0 Å². The predicted octanol–water partition coefficient (Wildman–Crippen LogP) is 3.55. The van der Waals surface area contributed by atoms with E-state index in [0.717, 1.165) is 15.7 Å². The van der Waals surface area contributed by atoms with E-state index in [4.69, 9.17) is 5.73 Å². The van der Waals surface area contributed by atoms with E-state index in [0.29, 0.717) is 5.69 Å². The SMILES string of the molecule is NC(=O)c1ccc(C(F)(F)F)nc1Nc1ccccc1I. The zero-order valence-corrected chi connectivity index (χ0v) is 12.6. The van der Waals surface area contributed by atoms with Crippen LogP contribution in [0.5, 0.6) is 0 Å². The zero-order chi connectivity index (χ0) is 15.6. The van der Waals surface area contributed by atoms with Crippen LogP contribution in [0.15, 0.2) is 36.4 Å². The van der Waals surface area contributed by atoms with Gasteiger partial charge >= 0.3 is 6.18 Å². The minimum Gasteiger partial charge on any atom is -0.365 e. The van der Waals surface area contributed by atoms with Gasteiger partial charge in [-0.3, -0.25) is 4.79 Å². The van der Waals surface area contributed by atoms with E-state index < -0.39 is 17.8 Å². The molecule has 1 heterocycles. The fourth-order valence-electron chi connectivity index (χ4n) is 1.60. The molecule has 1 amide bonds.